The van der Waals surface area contributed by atoms with Crippen LogP contribution in [-0.2, 0) is 9.31 Å². The second-order valence-electron chi connectivity index (χ2n) is 5.45. The van der Waals surface area contributed by atoms with E-state index in [1.54, 1.807) is 27.7 Å². The fraction of sp³-hybridized carbons (Fsp3) is 0.643. The van der Waals surface area contributed by atoms with Gasteiger partial charge in [0.15, 0.2) is 0 Å². The zero-order chi connectivity index (χ0) is 20.1. The fourth-order valence-corrected chi connectivity index (χ4v) is 1.68. The lowest BCUT2D eigenvalue weighted by molar-refractivity contribution is 0.00578. The minimum Gasteiger partial charge on any atom is -0.398 e. The largest absolute Gasteiger partial charge is 0.514 e. The molecule has 1 aromatic heterocycles. The maximum Gasteiger partial charge on any atom is 0.514 e. The van der Waals surface area contributed by atoms with Crippen molar-refractivity contribution in [3.8, 4) is 0 Å². The highest BCUT2D eigenvalue weighted by atomic mass is 16.7. The van der Waals surface area contributed by atoms with E-state index in [0.717, 1.165) is 0 Å². The molecule has 1 aliphatic carbocycles. The lowest BCUT2D eigenvalue weighted by atomic mass is 9.83. The smallest absolute Gasteiger partial charge is 0.398 e. The predicted octanol–water partition coefficient (Wildman–Crippen LogP) is 2.26. The molecule has 3 nitrogen and oxygen atoms in total. The van der Waals surface area contributed by atoms with Gasteiger partial charge in [0.25, 0.3) is 0 Å². The average molecular weight is 253 g/mol. The Morgan fingerprint density at radius 2 is 2.00 bits per heavy atom. The van der Waals surface area contributed by atoms with E-state index in [0.29, 0.717) is 0 Å². The molecule has 0 atom stereocenters. The lowest BCUT2D eigenvalue weighted by Gasteiger charge is -2.32. The maximum absolute atomic E-state index is 8.38. The molecule has 18 heavy (non-hydrogen) atoms. The van der Waals surface area contributed by atoms with Crippen LogP contribution in [0.2, 0.25) is 0 Å². The molecule has 1 saturated carbocycles. The van der Waals surface area contributed by atoms with Crippen molar-refractivity contribution in [1.82, 2.24) is 4.98 Å². The Balaban J connectivity index is 2.17. The van der Waals surface area contributed by atoms with Crippen LogP contribution in [0.15, 0.2) is 18.3 Å². The molecule has 0 aromatic carbocycles. The number of nitrogens with zero attached hydrogens (tertiary/aromatic N) is 1. The highest BCUT2D eigenvalue weighted by Gasteiger charge is 2.52. The average Bonchev–Trinajstić information content (AvgIpc) is 2.68. The van der Waals surface area contributed by atoms with Crippen molar-refractivity contribution < 1.29 is 20.3 Å². The molecule has 2 aliphatic rings. The summed E-state index contributed by atoms with van der Waals surface area (Å²) in [5.41, 5.74) is -2.13. The number of pyridine rings is 1. The zero-order valence-corrected chi connectivity index (χ0v) is 10.8. The van der Waals surface area contributed by atoms with Crippen LogP contribution < -0.4 is 5.59 Å². The second kappa shape index (κ2) is 3.81. The molecule has 1 saturated heterocycles. The van der Waals surface area contributed by atoms with Crippen LogP contribution in [0, 0.1) is 0 Å². The highest BCUT2D eigenvalue weighted by Crippen LogP contribution is 2.40. The maximum atomic E-state index is 8.38. The van der Waals surface area contributed by atoms with Crippen LogP contribution in [0.4, 0.5) is 0 Å². The van der Waals surface area contributed by atoms with E-state index < -0.39 is 60.8 Å². The SMILES string of the molecule is [2H]c1nc(B2OC(C)(C)C(C)(C)O2)c([2H])c(C2([2H])C([2H])([2H])C2([2H])[2H])c1[2H]. The van der Waals surface area contributed by atoms with Crippen LogP contribution in [-0.4, -0.2) is 23.3 Å². The van der Waals surface area contributed by atoms with Gasteiger partial charge in [0, 0.05) is 13.0 Å². The molecule has 0 unspecified atom stereocenters. The molecule has 1 aliphatic heterocycles. The predicted molar refractivity (Wildman–Crippen MR) is 71.9 cm³/mol. The van der Waals surface area contributed by atoms with Crippen LogP contribution >= 0.6 is 0 Å². The first-order valence-corrected chi connectivity index (χ1v) is 5.87. The van der Waals surface area contributed by atoms with E-state index in [9.17, 15) is 0 Å². The monoisotopic (exact) mass is 253 g/mol. The topological polar surface area (TPSA) is 31.4 Å². The first kappa shape index (κ1) is 6.06. The number of hydrogen-bond donors (Lipinski definition) is 0. The van der Waals surface area contributed by atoms with Gasteiger partial charge in [0.2, 0.25) is 0 Å². The zero-order valence-electron chi connectivity index (χ0n) is 18.8. The number of rotatable bonds is 2. The molecule has 0 amide bonds. The Morgan fingerprint density at radius 1 is 1.39 bits per heavy atom. The minimum atomic E-state index is -2.59. The van der Waals surface area contributed by atoms with Gasteiger partial charge in [-0.15, -0.1) is 0 Å². The quantitative estimate of drug-likeness (QED) is 0.757. The van der Waals surface area contributed by atoms with E-state index in [1.807, 2.05) is 0 Å². The van der Waals surface area contributed by atoms with Gasteiger partial charge in [-0.25, -0.2) is 0 Å². The summed E-state index contributed by atoms with van der Waals surface area (Å²) in [6.45, 7) is 7.18. The molecule has 2 heterocycles. The molecule has 0 bridgehead atoms. The van der Waals surface area contributed by atoms with Crippen LogP contribution in [0.3, 0.4) is 0 Å². The second-order valence-corrected chi connectivity index (χ2v) is 5.45. The normalized spacial score (nSPS) is 39.2. The summed E-state index contributed by atoms with van der Waals surface area (Å²) in [6.07, 6.45) is -5.76. The van der Waals surface area contributed by atoms with Crippen molar-refractivity contribution in [3.63, 3.8) is 0 Å². The third-order valence-electron chi connectivity index (χ3n) is 3.59. The summed E-state index contributed by atoms with van der Waals surface area (Å²) in [7, 11) is -1.13. The summed E-state index contributed by atoms with van der Waals surface area (Å²) in [6, 6.07) is -1.12. The third kappa shape index (κ3) is 1.97. The fourth-order valence-electron chi connectivity index (χ4n) is 1.68. The van der Waals surface area contributed by atoms with Crippen molar-refractivity contribution >= 4 is 12.7 Å². The summed E-state index contributed by atoms with van der Waals surface area (Å²) in [5.74, 6) is -2.47. The van der Waals surface area contributed by atoms with Crippen molar-refractivity contribution in [1.29, 1.82) is 0 Å². The summed E-state index contributed by atoms with van der Waals surface area (Å²) >= 11 is 0. The van der Waals surface area contributed by atoms with Gasteiger partial charge in [-0.3, -0.25) is 4.98 Å². The van der Waals surface area contributed by atoms with Crippen molar-refractivity contribution in [2.75, 3.05) is 0 Å². The first-order valence-electron chi connectivity index (χ1n) is 9.87. The Labute approximate surface area is 120 Å². The molecule has 4 heteroatoms. The molecule has 96 valence electrons. The molecule has 0 radical (unpaired) electrons. The van der Waals surface area contributed by atoms with Gasteiger partial charge in [0.1, 0.15) is 0 Å². The van der Waals surface area contributed by atoms with Gasteiger partial charge < -0.3 is 9.31 Å². The van der Waals surface area contributed by atoms with Gasteiger partial charge in [-0.05, 0) is 64.0 Å². The lowest BCUT2D eigenvalue weighted by Crippen LogP contribution is -2.41. The van der Waals surface area contributed by atoms with Gasteiger partial charge >= 0.3 is 7.12 Å². The van der Waals surface area contributed by atoms with Gasteiger partial charge in [-0.2, -0.15) is 0 Å². The molecule has 0 spiro atoms. The summed E-state index contributed by atoms with van der Waals surface area (Å²) in [5, 5.41) is 0. The molecule has 0 N–H and O–H groups in total. The van der Waals surface area contributed by atoms with Crippen LogP contribution in [0.25, 0.3) is 0 Å². The van der Waals surface area contributed by atoms with Crippen molar-refractivity contribution in [3.05, 3.63) is 23.8 Å². The molecular formula is C14H20BNO2. The van der Waals surface area contributed by atoms with E-state index in [-0.39, 0.29) is 5.59 Å². The van der Waals surface area contributed by atoms with Crippen molar-refractivity contribution in [2.24, 2.45) is 0 Å². The summed E-state index contributed by atoms with van der Waals surface area (Å²) < 4.78 is 75.5. The van der Waals surface area contributed by atoms with Crippen LogP contribution in [0.1, 0.15) is 62.9 Å². The van der Waals surface area contributed by atoms with E-state index in [1.165, 1.54) is 0 Å². The Kier molecular flexibility index (Phi) is 1.28. The van der Waals surface area contributed by atoms with Crippen molar-refractivity contribution in [2.45, 2.75) is 57.5 Å². The molecule has 2 fully saturated rings. The Hall–Kier alpha value is -0.865. The van der Waals surface area contributed by atoms with E-state index in [2.05, 4.69) is 4.98 Å². The van der Waals surface area contributed by atoms with Crippen LogP contribution in [0.5, 0.6) is 0 Å². The van der Waals surface area contributed by atoms with Gasteiger partial charge in [-0.1, -0.05) is 0 Å². The Bertz CT molecular complexity index is 768. The number of aromatic nitrogens is 1. The van der Waals surface area contributed by atoms with E-state index in [4.69, 9.17) is 20.3 Å². The Morgan fingerprint density at radius 3 is 2.56 bits per heavy atom. The highest BCUT2D eigenvalue weighted by molar-refractivity contribution is 6.61. The number of hydrogen-bond acceptors (Lipinski definition) is 3. The summed E-state index contributed by atoms with van der Waals surface area (Å²) in [4.78, 5) is 3.90. The van der Waals surface area contributed by atoms with E-state index >= 15 is 0 Å². The standard InChI is InChI=1S/C14H20BNO2/c1-13(2)14(3,4)18-15(17-13)12-9-11(7-8-16-12)10-5-6-10/h7-10H,5-6H2,1-4H3/i5D2,6D2,7D,8D,9D,10D. The van der Waals surface area contributed by atoms with Gasteiger partial charge in [0.05, 0.1) is 20.9 Å². The molecular weight excluding hydrogens is 225 g/mol. The third-order valence-corrected chi connectivity index (χ3v) is 3.59. The molecule has 3 rings (SSSR count). The first-order chi connectivity index (χ1) is 11.5. The minimum absolute atomic E-state index is 0.148. The molecule has 1 aromatic rings.